The Kier molecular flexibility index (Phi) is 5.73. The molecule has 0 saturated heterocycles. The minimum atomic E-state index is -0.426. The molecule has 0 spiro atoms. The number of hydrogen-bond acceptors (Lipinski definition) is 4. The minimum absolute atomic E-state index is 0.0522. The van der Waals surface area contributed by atoms with Crippen LogP contribution in [-0.4, -0.2) is 46.3 Å². The molecule has 0 unspecified atom stereocenters. The summed E-state index contributed by atoms with van der Waals surface area (Å²) in [6.07, 6.45) is 0.770. The van der Waals surface area contributed by atoms with Crippen molar-refractivity contribution < 1.29 is 14.3 Å². The predicted octanol–water partition coefficient (Wildman–Crippen LogP) is 1.49. The van der Waals surface area contributed by atoms with E-state index in [0.29, 0.717) is 12.2 Å². The molecule has 1 rings (SSSR count). The summed E-state index contributed by atoms with van der Waals surface area (Å²) < 4.78 is 6.32. The van der Waals surface area contributed by atoms with Crippen molar-refractivity contribution in [2.24, 2.45) is 0 Å². The van der Waals surface area contributed by atoms with Crippen LogP contribution in [0, 0.1) is 0 Å². The lowest BCUT2D eigenvalue weighted by Gasteiger charge is -2.25. The summed E-state index contributed by atoms with van der Waals surface area (Å²) in [6.45, 7) is 8.23. The van der Waals surface area contributed by atoms with E-state index in [4.69, 9.17) is 0 Å². The number of carbonyl (C=O) groups excluding carboxylic acids is 2. The number of hydrogen-bond donors (Lipinski definition) is 0. The van der Waals surface area contributed by atoms with Gasteiger partial charge >= 0.3 is 5.97 Å². The highest BCUT2D eigenvalue weighted by molar-refractivity contribution is 5.94. The van der Waals surface area contributed by atoms with Crippen LogP contribution in [-0.2, 0) is 22.5 Å². The quantitative estimate of drug-likeness (QED) is 0.741. The van der Waals surface area contributed by atoms with E-state index in [0.717, 1.165) is 12.1 Å². The van der Waals surface area contributed by atoms with Gasteiger partial charge in [-0.15, -0.1) is 0 Å². The molecule has 0 atom stereocenters. The average molecular weight is 281 g/mol. The number of aryl methyl sites for hydroxylation is 2. The molecule has 0 aliphatic carbocycles. The van der Waals surface area contributed by atoms with Crippen molar-refractivity contribution in [3.05, 3.63) is 17.5 Å². The maximum atomic E-state index is 12.6. The van der Waals surface area contributed by atoms with Crippen molar-refractivity contribution in [1.82, 2.24) is 14.7 Å². The molecule has 0 aromatic carbocycles. The molecule has 0 saturated carbocycles. The number of methoxy groups -OCH3 is 1. The van der Waals surface area contributed by atoms with Crippen LogP contribution in [0.15, 0.2) is 6.07 Å². The Morgan fingerprint density at radius 1 is 1.40 bits per heavy atom. The van der Waals surface area contributed by atoms with E-state index >= 15 is 0 Å². The third-order valence-corrected chi connectivity index (χ3v) is 3.12. The zero-order valence-electron chi connectivity index (χ0n) is 12.8. The van der Waals surface area contributed by atoms with E-state index in [9.17, 15) is 9.59 Å². The monoisotopic (exact) mass is 281 g/mol. The Morgan fingerprint density at radius 3 is 2.50 bits per heavy atom. The van der Waals surface area contributed by atoms with Crippen LogP contribution in [0.3, 0.4) is 0 Å². The average Bonchev–Trinajstić information content (AvgIpc) is 2.86. The molecule has 0 N–H and O–H groups in total. The molecule has 1 amide bonds. The summed E-state index contributed by atoms with van der Waals surface area (Å²) >= 11 is 0. The molecule has 1 heterocycles. The molecule has 1 aromatic heterocycles. The Bertz CT molecular complexity index is 480. The highest BCUT2D eigenvalue weighted by Gasteiger charge is 2.25. The smallest absolute Gasteiger partial charge is 0.325 e. The third kappa shape index (κ3) is 3.59. The van der Waals surface area contributed by atoms with Gasteiger partial charge in [0, 0.05) is 12.6 Å². The lowest BCUT2D eigenvalue weighted by Crippen LogP contribution is -2.41. The van der Waals surface area contributed by atoms with Gasteiger partial charge in [0.2, 0.25) is 0 Å². The van der Waals surface area contributed by atoms with E-state index in [1.54, 1.807) is 10.7 Å². The first-order chi connectivity index (χ1) is 9.44. The van der Waals surface area contributed by atoms with Gasteiger partial charge in [-0.3, -0.25) is 14.3 Å². The molecular formula is C14H23N3O3. The zero-order valence-corrected chi connectivity index (χ0v) is 12.8. The molecule has 20 heavy (non-hydrogen) atoms. The summed E-state index contributed by atoms with van der Waals surface area (Å²) in [5.74, 6) is -0.621. The molecule has 6 nitrogen and oxygen atoms in total. The molecule has 0 bridgehead atoms. The van der Waals surface area contributed by atoms with Gasteiger partial charge in [0.25, 0.3) is 5.91 Å². The first-order valence-electron chi connectivity index (χ1n) is 6.89. The second-order valence-electron chi connectivity index (χ2n) is 4.79. The predicted molar refractivity (Wildman–Crippen MR) is 75.5 cm³/mol. The highest BCUT2D eigenvalue weighted by Crippen LogP contribution is 2.12. The van der Waals surface area contributed by atoms with Crippen molar-refractivity contribution >= 4 is 11.9 Å². The molecule has 6 heteroatoms. The molecule has 0 fully saturated rings. The van der Waals surface area contributed by atoms with Crippen LogP contribution < -0.4 is 0 Å². The SMILES string of the molecule is CCc1cc(C(=O)N(CC(=O)OC)C(C)C)n(CC)n1. The van der Waals surface area contributed by atoms with Crippen molar-refractivity contribution in [1.29, 1.82) is 0 Å². The molecule has 1 aromatic rings. The fourth-order valence-corrected chi connectivity index (χ4v) is 1.90. The van der Waals surface area contributed by atoms with Crippen LogP contribution in [0.25, 0.3) is 0 Å². The van der Waals surface area contributed by atoms with Crippen LogP contribution in [0.4, 0.5) is 0 Å². The van der Waals surface area contributed by atoms with E-state index in [1.165, 1.54) is 12.0 Å². The van der Waals surface area contributed by atoms with Gasteiger partial charge in [0.1, 0.15) is 12.2 Å². The summed E-state index contributed by atoms with van der Waals surface area (Å²) in [6, 6.07) is 1.70. The van der Waals surface area contributed by atoms with Crippen LogP contribution in [0.1, 0.15) is 43.9 Å². The van der Waals surface area contributed by atoms with E-state index in [2.05, 4.69) is 9.84 Å². The third-order valence-electron chi connectivity index (χ3n) is 3.12. The molecular weight excluding hydrogens is 258 g/mol. The van der Waals surface area contributed by atoms with Crippen molar-refractivity contribution in [2.75, 3.05) is 13.7 Å². The lowest BCUT2D eigenvalue weighted by molar-refractivity contribution is -0.141. The van der Waals surface area contributed by atoms with Crippen molar-refractivity contribution in [3.63, 3.8) is 0 Å². The lowest BCUT2D eigenvalue weighted by atomic mass is 10.2. The number of nitrogens with zero attached hydrogens (tertiary/aromatic N) is 3. The van der Waals surface area contributed by atoms with Gasteiger partial charge < -0.3 is 9.64 Å². The fourth-order valence-electron chi connectivity index (χ4n) is 1.90. The van der Waals surface area contributed by atoms with Gasteiger partial charge in [0.05, 0.1) is 12.8 Å². The summed E-state index contributed by atoms with van der Waals surface area (Å²) in [5, 5.41) is 4.36. The largest absolute Gasteiger partial charge is 0.468 e. The second-order valence-corrected chi connectivity index (χ2v) is 4.79. The van der Waals surface area contributed by atoms with Gasteiger partial charge in [0.15, 0.2) is 0 Å². The van der Waals surface area contributed by atoms with Gasteiger partial charge in [-0.25, -0.2) is 0 Å². The Hall–Kier alpha value is -1.85. The fraction of sp³-hybridized carbons (Fsp3) is 0.643. The maximum absolute atomic E-state index is 12.6. The number of carbonyl (C=O) groups is 2. The minimum Gasteiger partial charge on any atom is -0.468 e. The topological polar surface area (TPSA) is 64.4 Å². The second kappa shape index (κ2) is 7.07. The number of aromatic nitrogens is 2. The van der Waals surface area contributed by atoms with Crippen LogP contribution in [0.2, 0.25) is 0 Å². The zero-order chi connectivity index (χ0) is 15.3. The summed E-state index contributed by atoms with van der Waals surface area (Å²) in [5.41, 5.74) is 1.39. The Balaban J connectivity index is 3.05. The molecule has 0 radical (unpaired) electrons. The number of ether oxygens (including phenoxy) is 1. The number of amides is 1. The molecule has 0 aliphatic rings. The van der Waals surface area contributed by atoms with Crippen LogP contribution in [0.5, 0.6) is 0 Å². The van der Waals surface area contributed by atoms with Crippen molar-refractivity contribution in [3.8, 4) is 0 Å². The first-order valence-corrected chi connectivity index (χ1v) is 6.89. The summed E-state index contributed by atoms with van der Waals surface area (Å²) in [4.78, 5) is 25.5. The Morgan fingerprint density at radius 2 is 2.05 bits per heavy atom. The van der Waals surface area contributed by atoms with Gasteiger partial charge in [-0.05, 0) is 33.3 Å². The summed E-state index contributed by atoms with van der Waals surface area (Å²) in [7, 11) is 1.32. The van der Waals surface area contributed by atoms with E-state index < -0.39 is 5.97 Å². The van der Waals surface area contributed by atoms with E-state index in [-0.39, 0.29) is 18.5 Å². The molecule has 0 aliphatic heterocycles. The van der Waals surface area contributed by atoms with Gasteiger partial charge in [-0.1, -0.05) is 6.92 Å². The highest BCUT2D eigenvalue weighted by atomic mass is 16.5. The van der Waals surface area contributed by atoms with Crippen LogP contribution >= 0.6 is 0 Å². The van der Waals surface area contributed by atoms with Gasteiger partial charge in [-0.2, -0.15) is 5.10 Å². The van der Waals surface area contributed by atoms with E-state index in [1.807, 2.05) is 27.7 Å². The standard InChI is InChI=1S/C14H23N3O3/c1-6-11-8-12(17(7-2)15-11)14(19)16(10(3)4)9-13(18)20-5/h8,10H,6-7,9H2,1-5H3. The maximum Gasteiger partial charge on any atom is 0.325 e. The Labute approximate surface area is 119 Å². The number of rotatable bonds is 6. The first kappa shape index (κ1) is 16.2. The number of esters is 1. The van der Waals surface area contributed by atoms with Crippen molar-refractivity contribution in [2.45, 2.75) is 46.7 Å². The normalized spacial score (nSPS) is 10.7. The molecule has 112 valence electrons.